The van der Waals surface area contributed by atoms with E-state index >= 15 is 0 Å². The Labute approximate surface area is 199 Å². The molecule has 0 aliphatic carbocycles. The predicted octanol–water partition coefficient (Wildman–Crippen LogP) is 8.23. The number of unbranched alkanes of at least 4 members (excludes halogenated alkanes) is 15. The summed E-state index contributed by atoms with van der Waals surface area (Å²) in [5.74, 6) is 0. The first-order valence-corrected chi connectivity index (χ1v) is 13.7. The second kappa shape index (κ2) is 23.3. The van der Waals surface area contributed by atoms with Crippen LogP contribution in [-0.2, 0) is 16.1 Å². The van der Waals surface area contributed by atoms with E-state index in [2.05, 4.69) is 6.92 Å². The quantitative estimate of drug-likeness (QED) is 0.162. The molecule has 0 bridgehead atoms. The Kier molecular flexibility index (Phi) is 21.2. The molecule has 0 aliphatic rings. The van der Waals surface area contributed by atoms with Gasteiger partial charge in [0, 0.05) is 13.2 Å². The summed E-state index contributed by atoms with van der Waals surface area (Å²) in [6, 6.07) is 10.1. The minimum Gasteiger partial charge on any atom is -0.391 e. The smallest absolute Gasteiger partial charge is 0.0795 e. The third kappa shape index (κ3) is 19.8. The molecule has 1 aromatic carbocycles. The molecule has 3 heteroatoms. The largest absolute Gasteiger partial charge is 0.391 e. The first-order chi connectivity index (χ1) is 15.8. The molecular weight excluding hydrogens is 396 g/mol. The topological polar surface area (TPSA) is 38.7 Å². The van der Waals surface area contributed by atoms with Crippen molar-refractivity contribution >= 4 is 0 Å². The van der Waals surface area contributed by atoms with Crippen molar-refractivity contribution in [3.05, 3.63) is 35.9 Å². The zero-order valence-electron chi connectivity index (χ0n) is 21.1. The average Bonchev–Trinajstić information content (AvgIpc) is 2.81. The van der Waals surface area contributed by atoms with E-state index in [-0.39, 0.29) is 0 Å². The van der Waals surface area contributed by atoms with Gasteiger partial charge in [0.1, 0.15) is 0 Å². The van der Waals surface area contributed by atoms with Crippen LogP contribution in [-0.4, -0.2) is 31.0 Å². The Bertz CT molecular complexity index is 477. The van der Waals surface area contributed by atoms with Crippen molar-refractivity contribution in [3.63, 3.8) is 0 Å². The van der Waals surface area contributed by atoms with Crippen LogP contribution < -0.4 is 0 Å². The van der Waals surface area contributed by atoms with Gasteiger partial charge in [-0.15, -0.1) is 0 Å². The number of rotatable bonds is 24. The molecule has 0 amide bonds. The predicted molar refractivity (Wildman–Crippen MR) is 137 cm³/mol. The zero-order valence-corrected chi connectivity index (χ0v) is 21.1. The van der Waals surface area contributed by atoms with Crippen molar-refractivity contribution < 1.29 is 14.6 Å². The summed E-state index contributed by atoms with van der Waals surface area (Å²) in [5.41, 5.74) is 1.14. The number of benzene rings is 1. The van der Waals surface area contributed by atoms with Crippen LogP contribution in [0.15, 0.2) is 30.3 Å². The lowest BCUT2D eigenvalue weighted by atomic mass is 10.0. The highest BCUT2D eigenvalue weighted by Crippen LogP contribution is 2.13. The molecule has 0 aromatic heterocycles. The molecule has 0 spiro atoms. The summed E-state index contributed by atoms with van der Waals surface area (Å²) in [7, 11) is 0. The third-order valence-corrected chi connectivity index (χ3v) is 6.16. The highest BCUT2D eigenvalue weighted by Gasteiger charge is 2.04. The first-order valence-electron chi connectivity index (χ1n) is 13.7. The number of hydrogen-bond acceptors (Lipinski definition) is 3. The van der Waals surface area contributed by atoms with Crippen molar-refractivity contribution in [3.8, 4) is 0 Å². The Balaban J connectivity index is 1.71. The van der Waals surface area contributed by atoms with Gasteiger partial charge in [0.25, 0.3) is 0 Å². The van der Waals surface area contributed by atoms with Crippen LogP contribution in [0.25, 0.3) is 0 Å². The molecular formula is C29H52O3. The first kappa shape index (κ1) is 29.1. The minimum absolute atomic E-state index is 0.372. The number of hydrogen-bond donors (Lipinski definition) is 1. The van der Waals surface area contributed by atoms with E-state index in [1.54, 1.807) is 0 Å². The van der Waals surface area contributed by atoms with Crippen molar-refractivity contribution in [2.45, 2.75) is 129 Å². The summed E-state index contributed by atoms with van der Waals surface area (Å²) in [4.78, 5) is 0. The lowest BCUT2D eigenvalue weighted by Gasteiger charge is -2.11. The van der Waals surface area contributed by atoms with E-state index in [9.17, 15) is 5.11 Å². The Morgan fingerprint density at radius 2 is 1.12 bits per heavy atom. The molecule has 1 N–H and O–H groups in total. The Morgan fingerprint density at radius 1 is 0.625 bits per heavy atom. The summed E-state index contributed by atoms with van der Waals surface area (Å²) < 4.78 is 11.2. The fourth-order valence-electron chi connectivity index (χ4n) is 4.04. The van der Waals surface area contributed by atoms with Gasteiger partial charge in [0.2, 0.25) is 0 Å². The molecule has 0 saturated carbocycles. The molecule has 1 aromatic rings. The van der Waals surface area contributed by atoms with Gasteiger partial charge >= 0.3 is 0 Å². The third-order valence-electron chi connectivity index (χ3n) is 6.16. The summed E-state index contributed by atoms with van der Waals surface area (Å²) in [6.45, 7) is 4.65. The number of ether oxygens (including phenoxy) is 2. The molecule has 0 heterocycles. The monoisotopic (exact) mass is 448 g/mol. The van der Waals surface area contributed by atoms with Crippen LogP contribution in [0.4, 0.5) is 0 Å². The van der Waals surface area contributed by atoms with Gasteiger partial charge in [0.15, 0.2) is 0 Å². The van der Waals surface area contributed by atoms with E-state index in [1.807, 2.05) is 30.3 Å². The van der Waals surface area contributed by atoms with Gasteiger partial charge in [-0.25, -0.2) is 0 Å². The molecule has 0 fully saturated rings. The van der Waals surface area contributed by atoms with E-state index in [1.165, 1.54) is 96.3 Å². The maximum Gasteiger partial charge on any atom is 0.0795 e. The second-order valence-corrected chi connectivity index (χ2v) is 9.36. The molecule has 32 heavy (non-hydrogen) atoms. The molecule has 0 radical (unpaired) electrons. The molecule has 186 valence electrons. The van der Waals surface area contributed by atoms with Crippen LogP contribution in [0.3, 0.4) is 0 Å². The SMILES string of the molecule is CCCCCCCCCCCCCCCCCCOCCC(O)COCc1ccccc1. The fourth-order valence-corrected chi connectivity index (χ4v) is 4.04. The highest BCUT2D eigenvalue weighted by atomic mass is 16.5. The van der Waals surface area contributed by atoms with Crippen LogP contribution in [0, 0.1) is 0 Å². The van der Waals surface area contributed by atoms with Crippen LogP contribution in [0.2, 0.25) is 0 Å². The summed E-state index contributed by atoms with van der Waals surface area (Å²) >= 11 is 0. The van der Waals surface area contributed by atoms with Gasteiger partial charge in [-0.1, -0.05) is 134 Å². The van der Waals surface area contributed by atoms with Crippen molar-refractivity contribution in [1.29, 1.82) is 0 Å². The molecule has 3 nitrogen and oxygen atoms in total. The lowest BCUT2D eigenvalue weighted by Crippen LogP contribution is -2.17. The maximum atomic E-state index is 9.97. The number of aliphatic hydroxyl groups excluding tert-OH is 1. The summed E-state index contributed by atoms with van der Waals surface area (Å²) in [6.07, 6.45) is 22.4. The van der Waals surface area contributed by atoms with Gasteiger partial charge < -0.3 is 14.6 Å². The highest BCUT2D eigenvalue weighted by molar-refractivity contribution is 5.13. The molecule has 0 saturated heterocycles. The lowest BCUT2D eigenvalue weighted by molar-refractivity contribution is 0.00704. The second-order valence-electron chi connectivity index (χ2n) is 9.36. The van der Waals surface area contributed by atoms with Crippen molar-refractivity contribution in [2.24, 2.45) is 0 Å². The average molecular weight is 449 g/mol. The van der Waals surface area contributed by atoms with Crippen LogP contribution >= 0.6 is 0 Å². The summed E-state index contributed by atoms with van der Waals surface area (Å²) in [5, 5.41) is 9.97. The number of aliphatic hydroxyl groups is 1. The maximum absolute atomic E-state index is 9.97. The van der Waals surface area contributed by atoms with E-state index in [4.69, 9.17) is 9.47 Å². The van der Waals surface area contributed by atoms with E-state index in [0.29, 0.717) is 26.2 Å². The van der Waals surface area contributed by atoms with Crippen LogP contribution in [0.1, 0.15) is 122 Å². The normalized spacial score (nSPS) is 12.3. The van der Waals surface area contributed by atoms with E-state index in [0.717, 1.165) is 18.6 Å². The fraction of sp³-hybridized carbons (Fsp3) is 0.793. The molecule has 1 rings (SSSR count). The minimum atomic E-state index is -0.440. The van der Waals surface area contributed by atoms with Gasteiger partial charge in [-0.3, -0.25) is 0 Å². The van der Waals surface area contributed by atoms with Crippen LogP contribution in [0.5, 0.6) is 0 Å². The van der Waals surface area contributed by atoms with Gasteiger partial charge in [0.05, 0.1) is 19.3 Å². The molecule has 1 unspecified atom stereocenters. The van der Waals surface area contributed by atoms with Gasteiger partial charge in [-0.2, -0.15) is 0 Å². The van der Waals surface area contributed by atoms with Gasteiger partial charge in [-0.05, 0) is 18.4 Å². The standard InChI is InChI=1S/C29H52O3/c1-2-3-4-5-6-7-8-9-10-11-12-13-14-15-16-20-24-31-25-23-29(30)27-32-26-28-21-18-17-19-22-28/h17-19,21-22,29-30H,2-16,20,23-27H2,1H3. The van der Waals surface area contributed by atoms with Crippen molar-refractivity contribution in [2.75, 3.05) is 19.8 Å². The molecule has 1 atom stereocenters. The molecule has 0 aliphatic heterocycles. The van der Waals surface area contributed by atoms with Crippen molar-refractivity contribution in [1.82, 2.24) is 0 Å². The van der Waals surface area contributed by atoms with E-state index < -0.39 is 6.10 Å². The Hall–Kier alpha value is -0.900. The zero-order chi connectivity index (χ0) is 23.0. The Morgan fingerprint density at radius 3 is 1.66 bits per heavy atom.